The molecule has 0 saturated carbocycles. The van der Waals surface area contributed by atoms with Crippen molar-refractivity contribution < 1.29 is 9.26 Å². The van der Waals surface area contributed by atoms with E-state index in [4.69, 9.17) is 15.0 Å². The molecule has 198 valence electrons. The number of aromatic nitrogens is 4. The summed E-state index contributed by atoms with van der Waals surface area (Å²) in [5.74, 6) is 1.11. The van der Waals surface area contributed by atoms with Gasteiger partial charge in [-0.25, -0.2) is 15.0 Å². The molecular weight excluding hydrogens is 496 g/mol. The largest absolute Gasteiger partial charge is 0.484 e. The molecule has 0 spiro atoms. The van der Waals surface area contributed by atoms with Crippen LogP contribution in [-0.4, -0.2) is 32.7 Å². The molecule has 39 heavy (non-hydrogen) atoms. The first-order chi connectivity index (χ1) is 18.7. The zero-order chi connectivity index (χ0) is 28.1. The maximum absolute atomic E-state index is 14.2. The van der Waals surface area contributed by atoms with Gasteiger partial charge in [0, 0.05) is 24.8 Å². The number of nitrogens with two attached hydrogens (primary N) is 1. The minimum Gasteiger partial charge on any atom is -0.484 e. The molecule has 0 amide bonds. The van der Waals surface area contributed by atoms with Crippen LogP contribution >= 0.6 is 0 Å². The minimum absolute atomic E-state index is 0.0594. The Morgan fingerprint density at radius 3 is 2.74 bits per heavy atom. The maximum atomic E-state index is 14.2. The Morgan fingerprint density at radius 1 is 1.28 bits per heavy atom. The summed E-state index contributed by atoms with van der Waals surface area (Å²) in [5.41, 5.74) is 8.73. The summed E-state index contributed by atoms with van der Waals surface area (Å²) >= 11 is 0. The second kappa shape index (κ2) is 11.4. The summed E-state index contributed by atoms with van der Waals surface area (Å²) in [4.78, 5) is 26.7. The van der Waals surface area contributed by atoms with E-state index in [9.17, 15) is 10.1 Å². The lowest BCUT2D eigenvalue weighted by Crippen LogP contribution is -2.26. The standard InChI is InChI=1S/C28H28N8O3/c1-16(2)11-20(14-31-18(4)38-5)21-8-6-7-19-12-23(36(28(37)25(19)21)24-9-10-39-35-24)17(3)34-27-22(13-29)26(30)32-15-33-27/h6-12,14-15,17H,1-5H3,(H3,30,32,33,34). The van der Waals surface area contributed by atoms with Crippen LogP contribution in [-0.2, 0) is 4.74 Å². The van der Waals surface area contributed by atoms with Crippen LogP contribution in [0.1, 0.15) is 50.6 Å². The first-order valence-electron chi connectivity index (χ1n) is 12.1. The number of rotatable bonds is 7. The Balaban J connectivity index is 1.98. The van der Waals surface area contributed by atoms with E-state index in [0.717, 1.165) is 11.1 Å². The van der Waals surface area contributed by atoms with Gasteiger partial charge in [-0.05, 0) is 37.8 Å². The number of nitriles is 1. The second-order valence-electron chi connectivity index (χ2n) is 8.96. The lowest BCUT2D eigenvalue weighted by Gasteiger charge is -2.21. The van der Waals surface area contributed by atoms with E-state index in [1.807, 2.05) is 57.2 Å². The van der Waals surface area contributed by atoms with Gasteiger partial charge in [-0.1, -0.05) is 35.0 Å². The molecule has 0 saturated heterocycles. The highest BCUT2D eigenvalue weighted by atomic mass is 16.5. The van der Waals surface area contributed by atoms with E-state index in [2.05, 4.69) is 25.4 Å². The predicted molar refractivity (Wildman–Crippen MR) is 150 cm³/mol. The Kier molecular flexibility index (Phi) is 7.86. The van der Waals surface area contributed by atoms with Crippen molar-refractivity contribution in [3.63, 3.8) is 0 Å². The second-order valence-corrected chi connectivity index (χ2v) is 8.96. The summed E-state index contributed by atoms with van der Waals surface area (Å²) in [6.45, 7) is 7.54. The zero-order valence-corrected chi connectivity index (χ0v) is 22.3. The van der Waals surface area contributed by atoms with Crippen molar-refractivity contribution in [1.82, 2.24) is 19.7 Å². The van der Waals surface area contributed by atoms with Crippen LogP contribution in [0.25, 0.3) is 22.2 Å². The van der Waals surface area contributed by atoms with E-state index in [0.29, 0.717) is 33.7 Å². The average molecular weight is 525 g/mol. The molecule has 4 aromatic rings. The van der Waals surface area contributed by atoms with Gasteiger partial charge in [-0.2, -0.15) is 5.26 Å². The molecule has 1 aromatic carbocycles. The third-order valence-corrected chi connectivity index (χ3v) is 5.95. The molecule has 0 aliphatic carbocycles. The number of nitrogens with one attached hydrogen (secondary N) is 1. The number of benzene rings is 1. The predicted octanol–water partition coefficient (Wildman–Crippen LogP) is 4.77. The van der Waals surface area contributed by atoms with Crippen LogP contribution in [0.3, 0.4) is 0 Å². The minimum atomic E-state index is -0.495. The quantitative estimate of drug-likeness (QED) is 0.197. The van der Waals surface area contributed by atoms with Gasteiger partial charge >= 0.3 is 0 Å². The normalized spacial score (nSPS) is 12.6. The smallest absolute Gasteiger partial charge is 0.265 e. The topological polar surface area (TPSA) is 157 Å². The molecule has 3 aromatic heterocycles. The Labute approximate surface area is 225 Å². The number of anilines is 2. The highest BCUT2D eigenvalue weighted by molar-refractivity contribution is 5.96. The fraction of sp³-hybridized carbons (Fsp3) is 0.214. The number of fused-ring (bicyclic) bond motifs is 1. The van der Waals surface area contributed by atoms with E-state index in [-0.39, 0.29) is 22.8 Å². The fourth-order valence-corrected chi connectivity index (χ4v) is 4.11. The van der Waals surface area contributed by atoms with Gasteiger partial charge in [-0.15, -0.1) is 0 Å². The molecule has 3 N–H and O–H groups in total. The molecule has 1 atom stereocenters. The van der Waals surface area contributed by atoms with Gasteiger partial charge in [0.05, 0.1) is 24.2 Å². The van der Waals surface area contributed by atoms with Gasteiger partial charge in [0.25, 0.3) is 5.56 Å². The first kappa shape index (κ1) is 26.8. The molecule has 11 nitrogen and oxygen atoms in total. The van der Waals surface area contributed by atoms with Crippen LogP contribution < -0.4 is 16.6 Å². The molecule has 4 rings (SSSR count). The van der Waals surface area contributed by atoms with Crippen molar-refractivity contribution in [3.05, 3.63) is 87.9 Å². The van der Waals surface area contributed by atoms with Crippen molar-refractivity contribution in [2.45, 2.75) is 33.7 Å². The number of allylic oxidation sites excluding steroid dienone is 3. The first-order valence-corrected chi connectivity index (χ1v) is 12.1. The lowest BCUT2D eigenvalue weighted by atomic mass is 9.97. The molecule has 0 aliphatic rings. The number of methoxy groups -OCH3 is 1. The number of hydrogen-bond acceptors (Lipinski definition) is 10. The van der Waals surface area contributed by atoms with Crippen LogP contribution in [0.4, 0.5) is 11.6 Å². The molecule has 3 heterocycles. The van der Waals surface area contributed by atoms with Gasteiger partial charge in [0.15, 0.2) is 11.7 Å². The number of pyridine rings is 1. The molecule has 1 unspecified atom stereocenters. The summed E-state index contributed by atoms with van der Waals surface area (Å²) in [7, 11) is 1.55. The molecule has 0 bridgehead atoms. The summed E-state index contributed by atoms with van der Waals surface area (Å²) in [6, 6.07) is 10.7. The van der Waals surface area contributed by atoms with Crippen molar-refractivity contribution >= 4 is 33.9 Å². The fourth-order valence-electron chi connectivity index (χ4n) is 4.11. The van der Waals surface area contributed by atoms with Crippen molar-refractivity contribution in [2.24, 2.45) is 4.99 Å². The van der Waals surface area contributed by atoms with Crippen LogP contribution in [0.5, 0.6) is 0 Å². The Morgan fingerprint density at radius 2 is 2.08 bits per heavy atom. The highest BCUT2D eigenvalue weighted by Gasteiger charge is 2.21. The van der Waals surface area contributed by atoms with Crippen molar-refractivity contribution in [3.8, 4) is 11.9 Å². The lowest BCUT2D eigenvalue weighted by molar-refractivity contribution is 0.400. The van der Waals surface area contributed by atoms with Gasteiger partial charge in [0.1, 0.15) is 35.9 Å². The van der Waals surface area contributed by atoms with E-state index < -0.39 is 6.04 Å². The van der Waals surface area contributed by atoms with E-state index in [1.165, 1.54) is 17.2 Å². The number of aliphatic imine (C=N–C) groups is 1. The summed E-state index contributed by atoms with van der Waals surface area (Å²) in [6.07, 6.45) is 6.31. The van der Waals surface area contributed by atoms with Gasteiger partial charge in [-0.3, -0.25) is 9.36 Å². The molecular formula is C28H28N8O3. The van der Waals surface area contributed by atoms with Crippen molar-refractivity contribution in [2.75, 3.05) is 18.2 Å². The zero-order valence-electron chi connectivity index (χ0n) is 22.3. The Bertz CT molecular complexity index is 1710. The molecule has 0 aliphatic heterocycles. The highest BCUT2D eigenvalue weighted by Crippen LogP contribution is 2.29. The van der Waals surface area contributed by atoms with Gasteiger partial charge < -0.3 is 20.3 Å². The number of hydrogen-bond donors (Lipinski definition) is 2. The van der Waals surface area contributed by atoms with E-state index >= 15 is 0 Å². The molecule has 0 fully saturated rings. The number of ether oxygens (including phenoxy) is 1. The number of nitrogen functional groups attached to an aromatic ring is 1. The summed E-state index contributed by atoms with van der Waals surface area (Å²) in [5, 5.41) is 18.0. The van der Waals surface area contributed by atoms with Gasteiger partial charge in [0.2, 0.25) is 0 Å². The number of nitrogens with zero attached hydrogens (tertiary/aromatic N) is 6. The average Bonchev–Trinajstić information content (AvgIpc) is 3.44. The Hall–Kier alpha value is -5.24. The molecule has 0 radical (unpaired) electrons. The molecule has 11 heteroatoms. The maximum Gasteiger partial charge on any atom is 0.265 e. The van der Waals surface area contributed by atoms with E-state index in [1.54, 1.807) is 26.3 Å². The van der Waals surface area contributed by atoms with Crippen LogP contribution in [0.2, 0.25) is 0 Å². The monoisotopic (exact) mass is 524 g/mol. The third kappa shape index (κ3) is 5.55. The van der Waals surface area contributed by atoms with Crippen LogP contribution in [0, 0.1) is 11.3 Å². The van der Waals surface area contributed by atoms with Crippen molar-refractivity contribution in [1.29, 1.82) is 5.26 Å². The third-order valence-electron chi connectivity index (χ3n) is 5.95. The SMILES string of the molecule is COC(C)=NC=C(C=C(C)C)c1cccc2cc(C(C)Nc3ncnc(N)c3C#N)n(-c3ccon3)c(=O)c12. The summed E-state index contributed by atoms with van der Waals surface area (Å²) < 4.78 is 11.8. The van der Waals surface area contributed by atoms with Crippen LogP contribution in [0.15, 0.2) is 75.1 Å².